The van der Waals surface area contributed by atoms with Crippen molar-refractivity contribution in [1.29, 1.82) is 0 Å². The van der Waals surface area contributed by atoms with Gasteiger partial charge in [-0.2, -0.15) is 0 Å². The molecule has 0 aromatic carbocycles. The van der Waals surface area contributed by atoms with E-state index >= 15 is 0 Å². The fourth-order valence-corrected chi connectivity index (χ4v) is 1.81. The zero-order chi connectivity index (χ0) is 15.9. The van der Waals surface area contributed by atoms with Crippen LogP contribution in [0.2, 0.25) is 0 Å². The number of aliphatic hydroxyl groups excluding tert-OH is 1. The molecule has 0 aliphatic rings. The zero-order valence-electron chi connectivity index (χ0n) is 13.1. The van der Waals surface area contributed by atoms with Gasteiger partial charge in [0.15, 0.2) is 0 Å². The lowest BCUT2D eigenvalue weighted by molar-refractivity contribution is -0.142. The highest BCUT2D eigenvalue weighted by atomic mass is 16.4. The van der Waals surface area contributed by atoms with Crippen LogP contribution in [0.3, 0.4) is 0 Å². The van der Waals surface area contributed by atoms with E-state index in [1.165, 1.54) is 4.90 Å². The molecule has 2 amide bonds. The van der Waals surface area contributed by atoms with Crippen LogP contribution >= 0.6 is 0 Å². The van der Waals surface area contributed by atoms with Crippen molar-refractivity contribution < 1.29 is 19.8 Å². The van der Waals surface area contributed by atoms with Crippen molar-refractivity contribution in [2.45, 2.75) is 46.6 Å². The summed E-state index contributed by atoms with van der Waals surface area (Å²) in [4.78, 5) is 24.4. The first-order chi connectivity index (χ1) is 9.03. The molecule has 0 saturated carbocycles. The van der Waals surface area contributed by atoms with Gasteiger partial charge in [0.05, 0.1) is 12.0 Å². The Labute approximate surface area is 121 Å². The molecule has 3 N–H and O–H groups in total. The Bertz CT molecular complexity index is 324. The fourth-order valence-electron chi connectivity index (χ4n) is 1.81. The molecule has 2 unspecified atom stereocenters. The number of hydrogen-bond donors (Lipinski definition) is 3. The molecule has 0 bridgehead atoms. The van der Waals surface area contributed by atoms with E-state index < -0.39 is 18.0 Å². The van der Waals surface area contributed by atoms with Gasteiger partial charge in [-0.25, -0.2) is 4.79 Å². The molecule has 0 aromatic heterocycles. The summed E-state index contributed by atoms with van der Waals surface area (Å²) in [5, 5.41) is 21.0. The van der Waals surface area contributed by atoms with E-state index in [1.54, 1.807) is 14.0 Å². The van der Waals surface area contributed by atoms with Crippen LogP contribution in [0.25, 0.3) is 0 Å². The third-order valence-corrected chi connectivity index (χ3v) is 2.94. The Morgan fingerprint density at radius 2 is 1.85 bits per heavy atom. The normalized spacial score (nSPS) is 14.5. The highest BCUT2D eigenvalue weighted by Crippen LogP contribution is 2.24. The van der Waals surface area contributed by atoms with Gasteiger partial charge < -0.3 is 20.4 Å². The van der Waals surface area contributed by atoms with Crippen molar-refractivity contribution in [3.8, 4) is 0 Å². The maximum Gasteiger partial charge on any atom is 0.317 e. The molecule has 6 nitrogen and oxygen atoms in total. The van der Waals surface area contributed by atoms with E-state index in [0.717, 1.165) is 0 Å². The summed E-state index contributed by atoms with van der Waals surface area (Å²) in [6, 6.07) is -0.314. The van der Waals surface area contributed by atoms with Gasteiger partial charge in [0.2, 0.25) is 0 Å². The minimum absolute atomic E-state index is 0.105. The van der Waals surface area contributed by atoms with Crippen molar-refractivity contribution in [2.24, 2.45) is 11.3 Å². The van der Waals surface area contributed by atoms with E-state index in [9.17, 15) is 9.59 Å². The van der Waals surface area contributed by atoms with E-state index in [1.807, 2.05) is 20.8 Å². The summed E-state index contributed by atoms with van der Waals surface area (Å²) in [6.07, 6.45) is 0.534. The summed E-state index contributed by atoms with van der Waals surface area (Å²) in [5.41, 5.74) is -0.105. The number of aliphatic hydroxyl groups is 1. The number of carboxylic acids is 1. The number of urea groups is 1. The number of carboxylic acid groups (broad SMARTS) is 1. The van der Waals surface area contributed by atoms with Crippen molar-refractivity contribution in [1.82, 2.24) is 10.2 Å². The molecule has 0 spiro atoms. The third-order valence-electron chi connectivity index (χ3n) is 2.94. The number of amides is 2. The number of rotatable bonds is 7. The van der Waals surface area contributed by atoms with Crippen LogP contribution in [0.4, 0.5) is 4.79 Å². The van der Waals surface area contributed by atoms with Crippen molar-refractivity contribution >= 4 is 12.0 Å². The summed E-state index contributed by atoms with van der Waals surface area (Å²) < 4.78 is 0. The van der Waals surface area contributed by atoms with Gasteiger partial charge in [0.25, 0.3) is 0 Å². The maximum atomic E-state index is 11.8. The second-order valence-corrected chi connectivity index (χ2v) is 6.55. The molecule has 0 aliphatic carbocycles. The molecule has 0 heterocycles. The summed E-state index contributed by atoms with van der Waals surface area (Å²) in [7, 11) is 1.62. The van der Waals surface area contributed by atoms with Crippen molar-refractivity contribution in [3.63, 3.8) is 0 Å². The summed E-state index contributed by atoms with van der Waals surface area (Å²) >= 11 is 0. The Morgan fingerprint density at radius 3 is 2.25 bits per heavy atom. The fraction of sp³-hybridized carbons (Fsp3) is 0.857. The largest absolute Gasteiger partial charge is 0.481 e. The average Bonchev–Trinajstić information content (AvgIpc) is 2.29. The number of nitrogens with zero attached hydrogens (tertiary/aromatic N) is 1. The van der Waals surface area contributed by atoms with E-state index in [-0.39, 0.29) is 18.0 Å². The first-order valence-electron chi connectivity index (χ1n) is 6.92. The number of carbonyl (C=O) groups is 2. The first-order valence-corrected chi connectivity index (χ1v) is 6.92. The number of carbonyl (C=O) groups excluding carboxylic acids is 1. The second-order valence-electron chi connectivity index (χ2n) is 6.55. The minimum Gasteiger partial charge on any atom is -0.481 e. The summed E-state index contributed by atoms with van der Waals surface area (Å²) in [5.74, 6) is -1.49. The molecule has 0 aromatic rings. The molecule has 6 heteroatoms. The van der Waals surface area contributed by atoms with Crippen LogP contribution in [0.15, 0.2) is 0 Å². The van der Waals surface area contributed by atoms with Crippen LogP contribution in [-0.2, 0) is 4.79 Å². The smallest absolute Gasteiger partial charge is 0.317 e. The Morgan fingerprint density at radius 1 is 1.30 bits per heavy atom. The van der Waals surface area contributed by atoms with E-state index in [0.29, 0.717) is 19.4 Å². The molecule has 0 aliphatic heterocycles. The second kappa shape index (κ2) is 8.09. The van der Waals surface area contributed by atoms with Crippen LogP contribution < -0.4 is 5.32 Å². The summed E-state index contributed by atoms with van der Waals surface area (Å²) in [6.45, 7) is 8.12. The lowest BCUT2D eigenvalue weighted by Crippen LogP contribution is -2.42. The van der Waals surface area contributed by atoms with Gasteiger partial charge in [0, 0.05) is 20.1 Å². The molecule has 2 atom stereocenters. The topological polar surface area (TPSA) is 89.9 Å². The monoisotopic (exact) mass is 288 g/mol. The maximum absolute atomic E-state index is 11.8. The lowest BCUT2D eigenvalue weighted by Gasteiger charge is -2.25. The molecule has 0 rings (SSSR count). The van der Waals surface area contributed by atoms with Gasteiger partial charge >= 0.3 is 12.0 Å². The van der Waals surface area contributed by atoms with Crippen molar-refractivity contribution in [2.75, 3.05) is 20.1 Å². The quantitative estimate of drug-likeness (QED) is 0.663. The lowest BCUT2D eigenvalue weighted by atomic mass is 9.84. The minimum atomic E-state index is -0.896. The van der Waals surface area contributed by atoms with Gasteiger partial charge in [-0.1, -0.05) is 20.8 Å². The Kier molecular flexibility index (Phi) is 7.57. The van der Waals surface area contributed by atoms with E-state index in [4.69, 9.17) is 10.2 Å². The van der Waals surface area contributed by atoms with Crippen LogP contribution in [0.1, 0.15) is 40.5 Å². The number of nitrogens with one attached hydrogen (secondary N) is 1. The average molecular weight is 288 g/mol. The standard InChI is InChI=1S/C14H28N2O4/c1-10(17)6-7-16(5)13(20)15-9-11(12(18)19)8-14(2,3)4/h10-11,17H,6-9H2,1-5H3,(H,15,20)(H,18,19). The molecular weight excluding hydrogens is 260 g/mol. The van der Waals surface area contributed by atoms with Crippen LogP contribution in [0, 0.1) is 11.3 Å². The number of hydrogen-bond acceptors (Lipinski definition) is 3. The van der Waals surface area contributed by atoms with Gasteiger partial charge in [0.1, 0.15) is 0 Å². The Hall–Kier alpha value is -1.30. The molecular formula is C14H28N2O4. The first kappa shape index (κ1) is 18.7. The van der Waals surface area contributed by atoms with Crippen molar-refractivity contribution in [3.05, 3.63) is 0 Å². The molecule has 0 radical (unpaired) electrons. The van der Waals surface area contributed by atoms with Gasteiger partial charge in [-0.3, -0.25) is 4.79 Å². The molecule has 0 saturated heterocycles. The molecule has 0 fully saturated rings. The van der Waals surface area contributed by atoms with Crippen LogP contribution in [0.5, 0.6) is 0 Å². The number of aliphatic carboxylic acids is 1. The SMILES string of the molecule is CC(O)CCN(C)C(=O)NCC(CC(C)(C)C)C(=O)O. The van der Waals surface area contributed by atoms with Gasteiger partial charge in [-0.15, -0.1) is 0 Å². The van der Waals surface area contributed by atoms with Gasteiger partial charge in [-0.05, 0) is 25.2 Å². The Balaban J connectivity index is 4.27. The molecule has 118 valence electrons. The predicted molar refractivity (Wildman–Crippen MR) is 77.5 cm³/mol. The predicted octanol–water partition coefficient (Wildman–Crippen LogP) is 1.54. The molecule has 20 heavy (non-hydrogen) atoms. The van der Waals surface area contributed by atoms with E-state index in [2.05, 4.69) is 5.32 Å². The highest BCUT2D eigenvalue weighted by Gasteiger charge is 2.25. The van der Waals surface area contributed by atoms with Crippen LogP contribution in [-0.4, -0.2) is 53.4 Å². The zero-order valence-corrected chi connectivity index (χ0v) is 13.1. The highest BCUT2D eigenvalue weighted by molar-refractivity contribution is 5.75. The third kappa shape index (κ3) is 8.74.